The first-order valence-corrected chi connectivity index (χ1v) is 5.24. The largest absolute Gasteiger partial charge is 0.493 e. The maximum absolute atomic E-state index is 11.8. The molecule has 3 heteroatoms. The normalized spacial score (nSPS) is 26.4. The van der Waals surface area contributed by atoms with Gasteiger partial charge in [-0.1, -0.05) is 30.4 Å². The van der Waals surface area contributed by atoms with Crippen molar-refractivity contribution >= 4 is 5.91 Å². The summed E-state index contributed by atoms with van der Waals surface area (Å²) in [5.41, 5.74) is 2.07. The molecule has 3 rings (SSSR count). The van der Waals surface area contributed by atoms with Gasteiger partial charge in [-0.05, 0) is 5.57 Å². The van der Waals surface area contributed by atoms with Crippen molar-refractivity contribution in [2.45, 2.75) is 0 Å². The van der Waals surface area contributed by atoms with Crippen LogP contribution in [0.25, 0.3) is 0 Å². The van der Waals surface area contributed by atoms with Crippen LogP contribution in [-0.4, -0.2) is 17.4 Å². The van der Waals surface area contributed by atoms with Gasteiger partial charge >= 0.3 is 0 Å². The van der Waals surface area contributed by atoms with E-state index in [1.54, 1.807) is 23.4 Å². The second kappa shape index (κ2) is 3.52. The van der Waals surface area contributed by atoms with Crippen molar-refractivity contribution in [3.05, 3.63) is 60.2 Å². The third kappa shape index (κ3) is 1.33. The third-order valence-corrected chi connectivity index (χ3v) is 2.90. The highest BCUT2D eigenvalue weighted by atomic mass is 16.5. The average molecular weight is 213 g/mol. The summed E-state index contributed by atoms with van der Waals surface area (Å²) >= 11 is 0. The molecule has 0 fully saturated rings. The minimum absolute atomic E-state index is 0.0155. The van der Waals surface area contributed by atoms with Crippen LogP contribution in [0.5, 0.6) is 0 Å². The Hall–Kier alpha value is -2.03. The van der Waals surface area contributed by atoms with Crippen LogP contribution in [0.3, 0.4) is 0 Å². The molecule has 0 saturated carbocycles. The zero-order chi connectivity index (χ0) is 11.0. The molecule has 1 amide bonds. The maximum Gasteiger partial charge on any atom is 0.254 e. The first-order valence-electron chi connectivity index (χ1n) is 5.24. The quantitative estimate of drug-likeness (QED) is 0.615. The Balaban J connectivity index is 2.16. The molecule has 0 aromatic carbocycles. The highest BCUT2D eigenvalue weighted by Crippen LogP contribution is 2.30. The lowest BCUT2D eigenvalue weighted by atomic mass is 9.93. The first-order chi connectivity index (χ1) is 7.86. The summed E-state index contributed by atoms with van der Waals surface area (Å²) < 4.78 is 5.27. The lowest BCUT2D eigenvalue weighted by molar-refractivity contribution is -0.122. The summed E-state index contributed by atoms with van der Waals surface area (Å²) in [6, 6.07) is 0. The van der Waals surface area contributed by atoms with E-state index in [1.165, 1.54) is 0 Å². The van der Waals surface area contributed by atoms with E-state index >= 15 is 0 Å². The first kappa shape index (κ1) is 9.21. The Labute approximate surface area is 93.7 Å². The van der Waals surface area contributed by atoms with Gasteiger partial charge in [0.2, 0.25) is 0 Å². The van der Waals surface area contributed by atoms with E-state index in [-0.39, 0.29) is 11.8 Å². The Bertz CT molecular complexity index is 480. The van der Waals surface area contributed by atoms with Crippen molar-refractivity contribution in [2.75, 3.05) is 6.61 Å². The van der Waals surface area contributed by atoms with Crippen molar-refractivity contribution in [2.24, 2.45) is 5.92 Å². The van der Waals surface area contributed by atoms with E-state index < -0.39 is 0 Å². The van der Waals surface area contributed by atoms with Gasteiger partial charge in [-0.2, -0.15) is 0 Å². The fraction of sp³-hybridized carbons (Fsp3) is 0.154. The van der Waals surface area contributed by atoms with Crippen LogP contribution in [-0.2, 0) is 9.53 Å². The smallest absolute Gasteiger partial charge is 0.254 e. The van der Waals surface area contributed by atoms with E-state index in [0.29, 0.717) is 6.61 Å². The topological polar surface area (TPSA) is 29.5 Å². The number of carbonyl (C=O) groups excluding carboxylic acids is 1. The molecule has 1 aliphatic carbocycles. The van der Waals surface area contributed by atoms with Crippen LogP contribution in [0.15, 0.2) is 60.2 Å². The zero-order valence-electron chi connectivity index (χ0n) is 8.67. The number of amides is 1. The van der Waals surface area contributed by atoms with Crippen LogP contribution in [0.1, 0.15) is 0 Å². The molecule has 3 nitrogen and oxygen atoms in total. The summed E-state index contributed by atoms with van der Waals surface area (Å²) in [6.45, 7) is 0.452. The monoisotopic (exact) mass is 213 g/mol. The van der Waals surface area contributed by atoms with Gasteiger partial charge in [0.15, 0.2) is 0 Å². The summed E-state index contributed by atoms with van der Waals surface area (Å²) in [7, 11) is 0. The van der Waals surface area contributed by atoms with Gasteiger partial charge in [0.25, 0.3) is 5.91 Å². The zero-order valence-corrected chi connectivity index (χ0v) is 8.67. The molecule has 2 aliphatic heterocycles. The van der Waals surface area contributed by atoms with E-state index in [1.807, 2.05) is 24.3 Å². The van der Waals surface area contributed by atoms with Crippen molar-refractivity contribution < 1.29 is 9.53 Å². The molecule has 0 radical (unpaired) electrons. The molecule has 0 saturated heterocycles. The minimum Gasteiger partial charge on any atom is -0.493 e. The van der Waals surface area contributed by atoms with E-state index in [4.69, 9.17) is 4.74 Å². The van der Waals surface area contributed by atoms with Crippen molar-refractivity contribution in [1.29, 1.82) is 0 Å². The number of rotatable bonds is 0. The molecule has 80 valence electrons. The highest BCUT2D eigenvalue weighted by Gasteiger charge is 2.26. The van der Waals surface area contributed by atoms with Gasteiger partial charge in [0.05, 0.1) is 5.70 Å². The Kier molecular flexibility index (Phi) is 2.03. The van der Waals surface area contributed by atoms with Crippen LogP contribution in [0, 0.1) is 5.92 Å². The fourth-order valence-corrected chi connectivity index (χ4v) is 2.10. The van der Waals surface area contributed by atoms with Crippen LogP contribution in [0.2, 0.25) is 0 Å². The van der Waals surface area contributed by atoms with Gasteiger partial charge in [0, 0.05) is 18.2 Å². The van der Waals surface area contributed by atoms with Gasteiger partial charge in [-0.15, -0.1) is 0 Å². The molecular weight excluding hydrogens is 202 g/mol. The number of hydrogen-bond acceptors (Lipinski definition) is 2. The summed E-state index contributed by atoms with van der Waals surface area (Å²) in [5, 5.41) is 0. The number of ether oxygens (including phenoxy) is 1. The molecule has 1 atom stereocenters. The Morgan fingerprint density at radius 1 is 1.25 bits per heavy atom. The van der Waals surface area contributed by atoms with Gasteiger partial charge in [0.1, 0.15) is 12.9 Å². The molecule has 0 aromatic heterocycles. The van der Waals surface area contributed by atoms with Crippen molar-refractivity contribution in [1.82, 2.24) is 4.90 Å². The number of fused-ring (bicyclic) bond motifs is 2. The molecule has 3 aliphatic rings. The van der Waals surface area contributed by atoms with Crippen molar-refractivity contribution in [3.8, 4) is 0 Å². The summed E-state index contributed by atoms with van der Waals surface area (Å²) in [4.78, 5) is 13.5. The van der Waals surface area contributed by atoms with Gasteiger partial charge in [-0.25, -0.2) is 0 Å². The molecule has 0 N–H and O–H groups in total. The van der Waals surface area contributed by atoms with Crippen LogP contribution in [0.4, 0.5) is 0 Å². The number of nitrogens with zero attached hydrogens (tertiary/aromatic N) is 1. The second-order valence-corrected chi connectivity index (χ2v) is 3.84. The predicted molar refractivity (Wildman–Crippen MR) is 59.9 cm³/mol. The molecule has 16 heavy (non-hydrogen) atoms. The predicted octanol–water partition coefficient (Wildman–Crippen LogP) is 1.88. The fourth-order valence-electron chi connectivity index (χ4n) is 2.10. The van der Waals surface area contributed by atoms with Crippen molar-refractivity contribution in [3.63, 3.8) is 0 Å². The lowest BCUT2D eigenvalue weighted by Gasteiger charge is -2.26. The number of hydrogen-bond donors (Lipinski definition) is 0. The number of allylic oxidation sites excluding steroid dienone is 6. The summed E-state index contributed by atoms with van der Waals surface area (Å²) in [6.07, 6.45) is 14.9. The second-order valence-electron chi connectivity index (χ2n) is 3.84. The van der Waals surface area contributed by atoms with Crippen LogP contribution >= 0.6 is 0 Å². The Morgan fingerprint density at radius 3 is 3.12 bits per heavy atom. The number of carbonyl (C=O) groups is 1. The molecule has 0 spiro atoms. The molecule has 1 unspecified atom stereocenters. The van der Waals surface area contributed by atoms with E-state index in [0.717, 1.165) is 11.3 Å². The SMILES string of the molecule is O=C1C=CC2C=CC=CC2=C2COC=CN12. The average Bonchev–Trinajstić information content (AvgIpc) is 2.49. The summed E-state index contributed by atoms with van der Waals surface area (Å²) in [5.74, 6) is 0.169. The highest BCUT2D eigenvalue weighted by molar-refractivity contribution is 5.91. The third-order valence-electron chi connectivity index (χ3n) is 2.90. The standard InChI is InChI=1S/C13H11NO2/c15-13-6-5-10-3-1-2-4-11(10)12-9-16-8-7-14(12)13/h1-8,10H,9H2. The van der Waals surface area contributed by atoms with E-state index in [2.05, 4.69) is 6.08 Å². The lowest BCUT2D eigenvalue weighted by Crippen LogP contribution is -2.28. The maximum atomic E-state index is 11.8. The molecule has 0 bridgehead atoms. The van der Waals surface area contributed by atoms with Gasteiger partial charge < -0.3 is 4.74 Å². The Morgan fingerprint density at radius 2 is 2.19 bits per heavy atom. The molecule has 2 heterocycles. The van der Waals surface area contributed by atoms with Gasteiger partial charge in [-0.3, -0.25) is 9.69 Å². The van der Waals surface area contributed by atoms with Crippen LogP contribution < -0.4 is 0 Å². The minimum atomic E-state index is -0.0155. The van der Waals surface area contributed by atoms with E-state index in [9.17, 15) is 4.79 Å². The molecular formula is C13H11NO2. The molecule has 0 aromatic rings.